The van der Waals surface area contributed by atoms with Crippen LogP contribution in [0.5, 0.6) is 0 Å². The Balaban J connectivity index is 2.67. The molecule has 0 atom stereocenters. The zero-order chi connectivity index (χ0) is 14.5. The van der Waals surface area contributed by atoms with Crippen molar-refractivity contribution in [2.45, 2.75) is 39.7 Å². The number of aliphatic hydroxyl groups is 1. The summed E-state index contributed by atoms with van der Waals surface area (Å²) in [6.07, 6.45) is 0.882. The average Bonchev–Trinajstić information content (AvgIpc) is 2.39. The molecular weight excluding hydrogens is 240 g/mol. The highest BCUT2D eigenvalue weighted by Crippen LogP contribution is 2.20. The number of anilines is 1. The second-order valence-corrected chi connectivity index (χ2v) is 5.41. The maximum Gasteiger partial charge on any atom is 0.238 e. The van der Waals surface area contributed by atoms with E-state index in [2.05, 4.69) is 17.6 Å². The summed E-state index contributed by atoms with van der Waals surface area (Å²) in [5.41, 5.74) is 2.65. The Bertz CT molecular complexity index is 442. The van der Waals surface area contributed by atoms with Gasteiger partial charge in [0.25, 0.3) is 0 Å². The molecule has 0 heterocycles. The van der Waals surface area contributed by atoms with Crippen molar-refractivity contribution >= 4 is 11.6 Å². The predicted octanol–water partition coefficient (Wildman–Crippen LogP) is 1.86. The van der Waals surface area contributed by atoms with Crippen LogP contribution in [0.3, 0.4) is 0 Å². The summed E-state index contributed by atoms with van der Waals surface area (Å²) in [4.78, 5) is 11.9. The lowest BCUT2D eigenvalue weighted by Gasteiger charge is -2.23. The van der Waals surface area contributed by atoms with E-state index in [4.69, 9.17) is 5.11 Å². The summed E-state index contributed by atoms with van der Waals surface area (Å²) in [5.74, 6) is -0.0921. The van der Waals surface area contributed by atoms with Gasteiger partial charge in [-0.3, -0.25) is 4.79 Å². The topological polar surface area (TPSA) is 61.4 Å². The number of aliphatic hydroxyl groups excluding tert-OH is 1. The van der Waals surface area contributed by atoms with Crippen LogP contribution in [0.15, 0.2) is 18.2 Å². The number of para-hydroxylation sites is 1. The van der Waals surface area contributed by atoms with E-state index in [9.17, 15) is 4.79 Å². The molecule has 3 N–H and O–H groups in total. The van der Waals surface area contributed by atoms with Gasteiger partial charge in [-0.25, -0.2) is 0 Å². The van der Waals surface area contributed by atoms with Crippen molar-refractivity contribution in [3.63, 3.8) is 0 Å². The lowest BCUT2D eigenvalue weighted by Crippen LogP contribution is -2.46. The van der Waals surface area contributed by atoms with Crippen LogP contribution in [-0.4, -0.2) is 29.7 Å². The molecule has 1 aromatic carbocycles. The van der Waals surface area contributed by atoms with Crippen molar-refractivity contribution < 1.29 is 9.90 Å². The molecule has 0 spiro atoms. The van der Waals surface area contributed by atoms with Crippen LogP contribution in [0.25, 0.3) is 0 Å². The summed E-state index contributed by atoms with van der Waals surface area (Å²) in [6, 6.07) is 6.00. The minimum absolute atomic E-state index is 0.00907. The number of hydrogen-bond acceptors (Lipinski definition) is 3. The molecule has 1 rings (SSSR count). The fourth-order valence-corrected chi connectivity index (χ4v) is 1.76. The Kier molecular flexibility index (Phi) is 5.51. The first kappa shape index (κ1) is 15.7. The summed E-state index contributed by atoms with van der Waals surface area (Å²) in [6.45, 7) is 7.93. The van der Waals surface area contributed by atoms with E-state index in [1.807, 2.05) is 39.0 Å². The summed E-state index contributed by atoms with van der Waals surface area (Å²) in [5, 5.41) is 15.1. The van der Waals surface area contributed by atoms with Gasteiger partial charge in [-0.05, 0) is 38.3 Å². The SMILES string of the molecule is CCc1cccc(C)c1NC(=O)CNC(C)(C)CO. The largest absolute Gasteiger partial charge is 0.394 e. The van der Waals surface area contributed by atoms with Gasteiger partial charge in [-0.15, -0.1) is 0 Å². The van der Waals surface area contributed by atoms with Gasteiger partial charge in [0.2, 0.25) is 5.91 Å². The van der Waals surface area contributed by atoms with Crippen LogP contribution in [0.4, 0.5) is 5.69 Å². The molecule has 0 fully saturated rings. The Morgan fingerprint density at radius 1 is 1.37 bits per heavy atom. The van der Waals surface area contributed by atoms with E-state index in [0.29, 0.717) is 0 Å². The van der Waals surface area contributed by atoms with Gasteiger partial charge in [-0.2, -0.15) is 0 Å². The number of hydrogen-bond donors (Lipinski definition) is 3. The smallest absolute Gasteiger partial charge is 0.238 e. The Labute approximate surface area is 115 Å². The third-order valence-electron chi connectivity index (χ3n) is 3.13. The molecule has 4 heteroatoms. The lowest BCUT2D eigenvalue weighted by atomic mass is 10.1. The quantitative estimate of drug-likeness (QED) is 0.735. The van der Waals surface area contributed by atoms with Crippen LogP contribution in [0.1, 0.15) is 31.9 Å². The van der Waals surface area contributed by atoms with Crippen molar-refractivity contribution in [3.8, 4) is 0 Å². The highest BCUT2D eigenvalue weighted by molar-refractivity contribution is 5.93. The van der Waals surface area contributed by atoms with Gasteiger partial charge >= 0.3 is 0 Å². The molecule has 0 bridgehead atoms. The van der Waals surface area contributed by atoms with Crippen LogP contribution < -0.4 is 10.6 Å². The molecular formula is C15H24N2O2. The number of nitrogens with one attached hydrogen (secondary N) is 2. The lowest BCUT2D eigenvalue weighted by molar-refractivity contribution is -0.115. The third kappa shape index (κ3) is 4.65. The number of aryl methyl sites for hydroxylation is 2. The first-order chi connectivity index (χ1) is 8.89. The van der Waals surface area contributed by atoms with Crippen molar-refractivity contribution in [1.82, 2.24) is 5.32 Å². The van der Waals surface area contributed by atoms with Gasteiger partial charge in [0.05, 0.1) is 13.2 Å². The zero-order valence-electron chi connectivity index (χ0n) is 12.2. The average molecular weight is 264 g/mol. The van der Waals surface area contributed by atoms with Gasteiger partial charge in [0, 0.05) is 11.2 Å². The molecule has 0 saturated heterocycles. The van der Waals surface area contributed by atoms with Crippen LogP contribution >= 0.6 is 0 Å². The second kappa shape index (κ2) is 6.68. The van der Waals surface area contributed by atoms with E-state index in [1.54, 1.807) is 0 Å². The second-order valence-electron chi connectivity index (χ2n) is 5.41. The molecule has 19 heavy (non-hydrogen) atoms. The van der Waals surface area contributed by atoms with Crippen LogP contribution in [-0.2, 0) is 11.2 Å². The molecule has 4 nitrogen and oxygen atoms in total. The van der Waals surface area contributed by atoms with Crippen LogP contribution in [0, 0.1) is 6.92 Å². The summed E-state index contributed by atoms with van der Waals surface area (Å²) < 4.78 is 0. The van der Waals surface area contributed by atoms with E-state index < -0.39 is 5.54 Å². The molecule has 0 saturated carbocycles. The Morgan fingerprint density at radius 2 is 2.05 bits per heavy atom. The Hall–Kier alpha value is -1.39. The first-order valence-electron chi connectivity index (χ1n) is 6.64. The van der Waals surface area contributed by atoms with E-state index in [0.717, 1.165) is 23.2 Å². The van der Waals surface area contributed by atoms with Gasteiger partial charge in [0.15, 0.2) is 0 Å². The number of carbonyl (C=O) groups is 1. The number of rotatable bonds is 6. The first-order valence-corrected chi connectivity index (χ1v) is 6.64. The van der Waals surface area contributed by atoms with E-state index in [-0.39, 0.29) is 19.1 Å². The minimum Gasteiger partial charge on any atom is -0.394 e. The van der Waals surface area contributed by atoms with E-state index in [1.165, 1.54) is 0 Å². The van der Waals surface area contributed by atoms with Crippen molar-refractivity contribution in [1.29, 1.82) is 0 Å². The van der Waals surface area contributed by atoms with Gasteiger partial charge < -0.3 is 15.7 Å². The number of carbonyl (C=O) groups excluding carboxylic acids is 1. The maximum absolute atomic E-state index is 11.9. The molecule has 0 aromatic heterocycles. The molecule has 0 radical (unpaired) electrons. The van der Waals surface area contributed by atoms with Crippen molar-refractivity contribution in [3.05, 3.63) is 29.3 Å². The third-order valence-corrected chi connectivity index (χ3v) is 3.13. The maximum atomic E-state index is 11.9. The van der Waals surface area contributed by atoms with Crippen LogP contribution in [0.2, 0.25) is 0 Å². The van der Waals surface area contributed by atoms with E-state index >= 15 is 0 Å². The predicted molar refractivity (Wildman–Crippen MR) is 78.4 cm³/mol. The molecule has 106 valence electrons. The normalized spacial score (nSPS) is 11.4. The zero-order valence-corrected chi connectivity index (χ0v) is 12.2. The highest BCUT2D eigenvalue weighted by Gasteiger charge is 2.17. The molecule has 0 unspecified atom stereocenters. The standard InChI is InChI=1S/C15H24N2O2/c1-5-12-8-6-7-11(2)14(12)17-13(19)9-16-15(3,4)10-18/h6-8,16,18H,5,9-10H2,1-4H3,(H,17,19). The monoisotopic (exact) mass is 264 g/mol. The number of amides is 1. The molecule has 1 aromatic rings. The molecule has 0 aliphatic rings. The van der Waals surface area contributed by atoms with Crippen molar-refractivity contribution in [2.75, 3.05) is 18.5 Å². The van der Waals surface area contributed by atoms with Crippen molar-refractivity contribution in [2.24, 2.45) is 0 Å². The summed E-state index contributed by atoms with van der Waals surface area (Å²) >= 11 is 0. The van der Waals surface area contributed by atoms with Gasteiger partial charge in [0.1, 0.15) is 0 Å². The summed E-state index contributed by atoms with van der Waals surface area (Å²) in [7, 11) is 0. The Morgan fingerprint density at radius 3 is 2.63 bits per heavy atom. The highest BCUT2D eigenvalue weighted by atomic mass is 16.3. The molecule has 0 aliphatic carbocycles. The fourth-order valence-electron chi connectivity index (χ4n) is 1.76. The minimum atomic E-state index is -0.448. The fraction of sp³-hybridized carbons (Fsp3) is 0.533. The molecule has 0 aliphatic heterocycles. The van der Waals surface area contributed by atoms with Gasteiger partial charge in [-0.1, -0.05) is 25.1 Å². The molecule has 1 amide bonds. The number of benzene rings is 1.